The van der Waals surface area contributed by atoms with Crippen LogP contribution in [0, 0.1) is 0 Å². The second-order valence-electron chi connectivity index (χ2n) is 4.56. The van der Waals surface area contributed by atoms with Crippen LogP contribution in [-0.4, -0.2) is 49.8 Å². The van der Waals surface area contributed by atoms with Crippen LogP contribution < -0.4 is 0 Å². The van der Waals surface area contributed by atoms with Gasteiger partial charge in [0.25, 0.3) is 0 Å². The molecule has 1 N–H and O–H groups in total. The van der Waals surface area contributed by atoms with E-state index in [0.29, 0.717) is 6.61 Å². The maximum absolute atomic E-state index is 11.4. The van der Waals surface area contributed by atoms with Crippen molar-refractivity contribution in [3.05, 3.63) is 0 Å². The molecule has 0 aromatic heterocycles. The van der Waals surface area contributed by atoms with Gasteiger partial charge in [-0.3, -0.25) is 4.57 Å². The molecule has 0 rings (SSSR count). The smallest absolute Gasteiger partial charge is 0.328 e. The van der Waals surface area contributed by atoms with Crippen molar-refractivity contribution in [2.45, 2.75) is 19.8 Å². The molecule has 0 saturated heterocycles. The maximum Gasteiger partial charge on any atom is 0.328 e. The minimum Gasteiger partial charge on any atom is -0.329 e. The minimum absolute atomic E-state index is 0.278. The SMILES string of the molecule is CCCCP(=O)(O)OCC[N+](C)(C)C. The predicted octanol–water partition coefficient (Wildman–Crippen LogP) is 1.69. The Bertz CT molecular complexity index is 201. The van der Waals surface area contributed by atoms with Gasteiger partial charge >= 0.3 is 7.60 Å². The van der Waals surface area contributed by atoms with E-state index in [0.717, 1.165) is 23.9 Å². The van der Waals surface area contributed by atoms with Gasteiger partial charge < -0.3 is 13.9 Å². The van der Waals surface area contributed by atoms with Crippen molar-refractivity contribution in [3.63, 3.8) is 0 Å². The normalized spacial score (nSPS) is 16.6. The van der Waals surface area contributed by atoms with Crippen LogP contribution in [0.25, 0.3) is 0 Å². The topological polar surface area (TPSA) is 46.5 Å². The molecule has 86 valence electrons. The van der Waals surface area contributed by atoms with Crippen LogP contribution in [0.1, 0.15) is 19.8 Å². The zero-order valence-corrected chi connectivity index (χ0v) is 10.6. The average Bonchev–Trinajstić information content (AvgIpc) is 1.98. The molecular weight excluding hydrogens is 201 g/mol. The quantitative estimate of drug-likeness (QED) is 0.529. The number of quaternary nitrogens is 1. The largest absolute Gasteiger partial charge is 0.329 e. The van der Waals surface area contributed by atoms with Crippen LogP contribution in [0.3, 0.4) is 0 Å². The van der Waals surface area contributed by atoms with Crippen LogP contribution in [0.5, 0.6) is 0 Å². The first-order valence-electron chi connectivity index (χ1n) is 5.04. The van der Waals surface area contributed by atoms with E-state index < -0.39 is 7.60 Å². The zero-order chi connectivity index (χ0) is 11.2. The highest BCUT2D eigenvalue weighted by atomic mass is 31.2. The molecule has 14 heavy (non-hydrogen) atoms. The molecule has 0 heterocycles. The fourth-order valence-corrected chi connectivity index (χ4v) is 2.09. The van der Waals surface area contributed by atoms with Crippen molar-refractivity contribution in [3.8, 4) is 0 Å². The highest BCUT2D eigenvalue weighted by Gasteiger charge is 2.19. The number of nitrogens with zero attached hydrogens (tertiary/aromatic N) is 1. The third-order valence-electron chi connectivity index (χ3n) is 1.85. The second-order valence-corrected chi connectivity index (χ2v) is 6.54. The molecule has 5 heteroatoms. The molecule has 0 aromatic carbocycles. The predicted molar refractivity (Wildman–Crippen MR) is 58.5 cm³/mol. The van der Waals surface area contributed by atoms with E-state index in [1.165, 1.54) is 0 Å². The molecule has 0 fully saturated rings. The molecule has 0 radical (unpaired) electrons. The lowest BCUT2D eigenvalue weighted by atomic mass is 10.4. The molecular formula is C9H23NO3P+. The monoisotopic (exact) mass is 224 g/mol. The summed E-state index contributed by atoms with van der Waals surface area (Å²) >= 11 is 0. The summed E-state index contributed by atoms with van der Waals surface area (Å²) in [7, 11) is 2.77. The maximum atomic E-state index is 11.4. The highest BCUT2D eigenvalue weighted by molar-refractivity contribution is 7.52. The molecule has 4 nitrogen and oxygen atoms in total. The summed E-state index contributed by atoms with van der Waals surface area (Å²) in [6, 6.07) is 0. The van der Waals surface area contributed by atoms with E-state index in [9.17, 15) is 9.46 Å². The summed E-state index contributed by atoms with van der Waals surface area (Å²) in [5.74, 6) is 0. The molecule has 0 aliphatic heterocycles. The minimum atomic E-state index is -3.31. The third kappa shape index (κ3) is 8.70. The lowest BCUT2D eigenvalue weighted by Gasteiger charge is -2.24. The first-order valence-corrected chi connectivity index (χ1v) is 6.80. The Hall–Kier alpha value is 0.110. The van der Waals surface area contributed by atoms with Crippen molar-refractivity contribution in [2.24, 2.45) is 0 Å². The fourth-order valence-electron chi connectivity index (χ4n) is 0.880. The molecule has 0 saturated carbocycles. The lowest BCUT2D eigenvalue weighted by Crippen LogP contribution is -2.37. The molecule has 0 bridgehead atoms. The number of unbranched alkanes of at least 4 members (excludes halogenated alkanes) is 1. The Kier molecular flexibility index (Phi) is 5.91. The fraction of sp³-hybridized carbons (Fsp3) is 1.00. The van der Waals surface area contributed by atoms with E-state index >= 15 is 0 Å². The van der Waals surface area contributed by atoms with Gasteiger partial charge in [0, 0.05) is 6.16 Å². The first kappa shape index (κ1) is 14.1. The van der Waals surface area contributed by atoms with Crippen LogP contribution >= 0.6 is 7.60 Å². The van der Waals surface area contributed by atoms with Crippen molar-refractivity contribution < 1.29 is 18.5 Å². The Morgan fingerprint density at radius 3 is 2.36 bits per heavy atom. The van der Waals surface area contributed by atoms with E-state index in [-0.39, 0.29) is 6.16 Å². The summed E-state index contributed by atoms with van der Waals surface area (Å²) < 4.78 is 17.1. The summed E-state index contributed by atoms with van der Waals surface area (Å²) in [5.41, 5.74) is 0. The van der Waals surface area contributed by atoms with Crippen LogP contribution in [-0.2, 0) is 9.09 Å². The van der Waals surface area contributed by atoms with Crippen molar-refractivity contribution in [2.75, 3.05) is 40.5 Å². The van der Waals surface area contributed by atoms with Crippen molar-refractivity contribution in [1.29, 1.82) is 0 Å². The van der Waals surface area contributed by atoms with Gasteiger partial charge in [0.2, 0.25) is 0 Å². The molecule has 1 unspecified atom stereocenters. The Balaban J connectivity index is 3.71. The van der Waals surface area contributed by atoms with Gasteiger partial charge in [-0.25, -0.2) is 0 Å². The van der Waals surface area contributed by atoms with Crippen LogP contribution in [0.4, 0.5) is 0 Å². The lowest BCUT2D eigenvalue weighted by molar-refractivity contribution is -0.870. The van der Waals surface area contributed by atoms with E-state index in [1.807, 2.05) is 28.1 Å². The van der Waals surface area contributed by atoms with E-state index in [4.69, 9.17) is 4.52 Å². The standard InChI is InChI=1S/C9H22NO3P/c1-5-6-9-14(11,12)13-8-7-10(2,3)4/h5-9H2,1-4H3/p+1. The third-order valence-corrected chi connectivity index (χ3v) is 3.32. The van der Waals surface area contributed by atoms with Crippen LogP contribution in [0.2, 0.25) is 0 Å². The van der Waals surface area contributed by atoms with Gasteiger partial charge in [0.15, 0.2) is 0 Å². The Morgan fingerprint density at radius 2 is 1.93 bits per heavy atom. The number of likely N-dealkylation sites (N-methyl/N-ethyl adjacent to an activating group) is 1. The second kappa shape index (κ2) is 5.86. The molecule has 0 aliphatic carbocycles. The Morgan fingerprint density at radius 1 is 1.36 bits per heavy atom. The van der Waals surface area contributed by atoms with Gasteiger partial charge in [0.1, 0.15) is 13.2 Å². The molecule has 1 atom stereocenters. The molecule has 0 aliphatic rings. The number of hydrogen-bond donors (Lipinski definition) is 1. The molecule has 0 aromatic rings. The summed E-state index contributed by atoms with van der Waals surface area (Å²) in [6.07, 6.45) is 1.95. The van der Waals surface area contributed by atoms with Crippen molar-refractivity contribution in [1.82, 2.24) is 0 Å². The summed E-state index contributed by atoms with van der Waals surface area (Å²) in [4.78, 5) is 9.37. The number of hydrogen-bond acceptors (Lipinski definition) is 2. The van der Waals surface area contributed by atoms with Crippen LogP contribution in [0.15, 0.2) is 0 Å². The molecule has 0 spiro atoms. The summed E-state index contributed by atoms with van der Waals surface area (Å²) in [5, 5.41) is 0. The van der Waals surface area contributed by atoms with Crippen molar-refractivity contribution >= 4 is 7.60 Å². The van der Waals surface area contributed by atoms with Gasteiger partial charge in [-0.15, -0.1) is 0 Å². The highest BCUT2D eigenvalue weighted by Crippen LogP contribution is 2.42. The molecule has 0 amide bonds. The van der Waals surface area contributed by atoms with E-state index in [2.05, 4.69) is 0 Å². The van der Waals surface area contributed by atoms with E-state index in [1.54, 1.807) is 0 Å². The van der Waals surface area contributed by atoms with Gasteiger partial charge in [-0.05, 0) is 6.42 Å². The first-order chi connectivity index (χ1) is 6.27. The van der Waals surface area contributed by atoms with Gasteiger partial charge in [-0.1, -0.05) is 13.3 Å². The summed E-state index contributed by atoms with van der Waals surface area (Å²) in [6.45, 7) is 3.09. The average molecular weight is 224 g/mol. The van der Waals surface area contributed by atoms with Gasteiger partial charge in [-0.2, -0.15) is 0 Å². The Labute approximate surface area is 87.0 Å². The zero-order valence-electron chi connectivity index (χ0n) is 9.69. The van der Waals surface area contributed by atoms with Gasteiger partial charge in [0.05, 0.1) is 21.1 Å². The number of rotatable bonds is 7.